The zero-order valence-corrected chi connectivity index (χ0v) is 15.5. The summed E-state index contributed by atoms with van der Waals surface area (Å²) in [5.74, 6) is 1.61. The van der Waals surface area contributed by atoms with Gasteiger partial charge in [0.05, 0.1) is 11.8 Å². The normalized spacial score (nSPS) is 17.3. The molecular formula is C18H22N4O2S. The first-order chi connectivity index (χ1) is 12.1. The van der Waals surface area contributed by atoms with E-state index < -0.39 is 0 Å². The van der Waals surface area contributed by atoms with E-state index in [9.17, 15) is 0 Å². The molecule has 0 saturated carbocycles. The molecule has 1 unspecified atom stereocenters. The average Bonchev–Trinajstić information content (AvgIpc) is 3.34. The topological polar surface area (TPSA) is 65.1 Å². The molecule has 4 heterocycles. The predicted octanol–water partition coefficient (Wildman–Crippen LogP) is 4.10. The van der Waals surface area contributed by atoms with Crippen LogP contribution in [-0.2, 0) is 4.74 Å². The van der Waals surface area contributed by atoms with Gasteiger partial charge in [0.2, 0.25) is 0 Å². The molecule has 0 radical (unpaired) electrons. The van der Waals surface area contributed by atoms with Crippen molar-refractivity contribution in [1.82, 2.24) is 14.7 Å². The third-order valence-corrected chi connectivity index (χ3v) is 5.36. The zero-order valence-electron chi connectivity index (χ0n) is 14.7. The molecule has 3 aromatic heterocycles. The molecule has 1 fully saturated rings. The second-order valence-electron chi connectivity index (χ2n) is 6.47. The van der Waals surface area contributed by atoms with Crippen LogP contribution in [0.5, 0.6) is 0 Å². The maximum absolute atomic E-state index is 5.65. The van der Waals surface area contributed by atoms with Crippen LogP contribution in [0.25, 0.3) is 17.1 Å². The molecule has 1 saturated heterocycles. The van der Waals surface area contributed by atoms with E-state index in [0.717, 1.165) is 65.3 Å². The maximum Gasteiger partial charge on any atom is 0.183 e. The van der Waals surface area contributed by atoms with Crippen molar-refractivity contribution in [2.45, 2.75) is 39.7 Å². The van der Waals surface area contributed by atoms with Gasteiger partial charge in [0.15, 0.2) is 10.9 Å². The molecule has 0 spiro atoms. The van der Waals surface area contributed by atoms with Crippen LogP contribution in [0, 0.1) is 20.8 Å². The van der Waals surface area contributed by atoms with Crippen molar-refractivity contribution in [1.29, 1.82) is 0 Å². The van der Waals surface area contributed by atoms with Crippen molar-refractivity contribution < 1.29 is 9.26 Å². The number of anilines is 1. The van der Waals surface area contributed by atoms with Crippen molar-refractivity contribution in [3.63, 3.8) is 0 Å². The smallest absolute Gasteiger partial charge is 0.183 e. The molecule has 3 aromatic rings. The SMILES string of the molecule is Cc1cc(-n2c(C)cc(-c3csc(NCC4CCCO4)n3)c2C)no1. The monoisotopic (exact) mass is 358 g/mol. The van der Waals surface area contributed by atoms with Crippen LogP contribution in [0.3, 0.4) is 0 Å². The van der Waals surface area contributed by atoms with Gasteiger partial charge in [0, 0.05) is 41.5 Å². The van der Waals surface area contributed by atoms with E-state index in [0.29, 0.717) is 6.10 Å². The predicted molar refractivity (Wildman–Crippen MR) is 98.6 cm³/mol. The van der Waals surface area contributed by atoms with E-state index >= 15 is 0 Å². The lowest BCUT2D eigenvalue weighted by Gasteiger charge is -2.09. The number of ether oxygens (including phenoxy) is 1. The second-order valence-corrected chi connectivity index (χ2v) is 7.33. The maximum atomic E-state index is 5.65. The molecule has 25 heavy (non-hydrogen) atoms. The standard InChI is InChI=1S/C18H22N4O2S/c1-11-7-15(13(3)22(11)17-8-12(2)24-21-17)16-10-25-18(20-16)19-9-14-5-4-6-23-14/h7-8,10,14H,4-6,9H2,1-3H3,(H,19,20). The van der Waals surface area contributed by atoms with Crippen molar-refractivity contribution >= 4 is 16.5 Å². The van der Waals surface area contributed by atoms with Gasteiger partial charge in [-0.3, -0.25) is 4.57 Å². The Hall–Kier alpha value is -2.12. The quantitative estimate of drug-likeness (QED) is 0.744. The molecule has 6 nitrogen and oxygen atoms in total. The molecular weight excluding hydrogens is 336 g/mol. The van der Waals surface area contributed by atoms with Gasteiger partial charge in [0.25, 0.3) is 0 Å². The largest absolute Gasteiger partial charge is 0.376 e. The lowest BCUT2D eigenvalue weighted by Crippen LogP contribution is -2.18. The first kappa shape index (κ1) is 16.4. The summed E-state index contributed by atoms with van der Waals surface area (Å²) in [6.07, 6.45) is 2.60. The number of aryl methyl sites for hydroxylation is 2. The Morgan fingerprint density at radius 2 is 2.20 bits per heavy atom. The summed E-state index contributed by atoms with van der Waals surface area (Å²) < 4.78 is 13.0. The number of hydrogen-bond acceptors (Lipinski definition) is 6. The lowest BCUT2D eigenvalue weighted by molar-refractivity contribution is 0.120. The van der Waals surface area contributed by atoms with Gasteiger partial charge in [-0.1, -0.05) is 5.16 Å². The molecule has 7 heteroatoms. The molecule has 1 aliphatic heterocycles. The second kappa shape index (κ2) is 6.65. The summed E-state index contributed by atoms with van der Waals surface area (Å²) in [6.45, 7) is 7.76. The van der Waals surface area contributed by atoms with Crippen molar-refractivity contribution in [2.75, 3.05) is 18.5 Å². The highest BCUT2D eigenvalue weighted by Gasteiger charge is 2.18. The third kappa shape index (κ3) is 3.21. The highest BCUT2D eigenvalue weighted by molar-refractivity contribution is 7.14. The number of thiazole rings is 1. The molecule has 4 rings (SSSR count). The Morgan fingerprint density at radius 1 is 1.32 bits per heavy atom. The molecule has 0 aliphatic carbocycles. The van der Waals surface area contributed by atoms with E-state index in [4.69, 9.17) is 14.2 Å². The van der Waals surface area contributed by atoms with Crippen LogP contribution in [0.15, 0.2) is 22.0 Å². The summed E-state index contributed by atoms with van der Waals surface area (Å²) >= 11 is 1.63. The summed E-state index contributed by atoms with van der Waals surface area (Å²) in [5, 5.41) is 10.6. The van der Waals surface area contributed by atoms with Crippen LogP contribution in [0.4, 0.5) is 5.13 Å². The Morgan fingerprint density at radius 3 is 2.92 bits per heavy atom. The first-order valence-electron chi connectivity index (χ1n) is 8.56. The number of hydrogen-bond donors (Lipinski definition) is 1. The minimum Gasteiger partial charge on any atom is -0.376 e. The van der Waals surface area contributed by atoms with Gasteiger partial charge in [-0.15, -0.1) is 11.3 Å². The van der Waals surface area contributed by atoms with Crippen molar-refractivity contribution in [2.24, 2.45) is 0 Å². The average molecular weight is 358 g/mol. The highest BCUT2D eigenvalue weighted by Crippen LogP contribution is 2.31. The highest BCUT2D eigenvalue weighted by atomic mass is 32.1. The van der Waals surface area contributed by atoms with Gasteiger partial charge < -0.3 is 14.6 Å². The fraction of sp³-hybridized carbons (Fsp3) is 0.444. The fourth-order valence-electron chi connectivity index (χ4n) is 3.32. The van der Waals surface area contributed by atoms with E-state index in [1.165, 1.54) is 0 Å². The van der Waals surface area contributed by atoms with Gasteiger partial charge >= 0.3 is 0 Å². The Labute approximate surface area is 150 Å². The van der Waals surface area contributed by atoms with Crippen LogP contribution in [0.2, 0.25) is 0 Å². The molecule has 0 amide bonds. The molecule has 1 N–H and O–H groups in total. The molecule has 1 aliphatic rings. The van der Waals surface area contributed by atoms with Gasteiger partial charge in [-0.25, -0.2) is 4.98 Å². The molecule has 132 valence electrons. The number of rotatable bonds is 5. The molecule has 0 aromatic carbocycles. The lowest BCUT2D eigenvalue weighted by atomic mass is 10.2. The fourth-order valence-corrected chi connectivity index (χ4v) is 4.04. The Bertz CT molecular complexity index is 874. The number of aromatic nitrogens is 3. The van der Waals surface area contributed by atoms with E-state index in [-0.39, 0.29) is 0 Å². The van der Waals surface area contributed by atoms with Crippen LogP contribution >= 0.6 is 11.3 Å². The number of nitrogens with one attached hydrogen (secondary N) is 1. The summed E-state index contributed by atoms with van der Waals surface area (Å²) in [7, 11) is 0. The third-order valence-electron chi connectivity index (χ3n) is 4.56. The van der Waals surface area contributed by atoms with E-state index in [1.807, 2.05) is 13.0 Å². The van der Waals surface area contributed by atoms with Gasteiger partial charge in [-0.05, 0) is 39.7 Å². The van der Waals surface area contributed by atoms with Gasteiger partial charge in [-0.2, -0.15) is 0 Å². The van der Waals surface area contributed by atoms with Crippen LogP contribution < -0.4 is 5.32 Å². The minimum absolute atomic E-state index is 0.313. The van der Waals surface area contributed by atoms with Crippen molar-refractivity contribution in [3.05, 3.63) is 34.7 Å². The summed E-state index contributed by atoms with van der Waals surface area (Å²) in [4.78, 5) is 4.75. The van der Waals surface area contributed by atoms with Gasteiger partial charge in [0.1, 0.15) is 5.76 Å². The van der Waals surface area contributed by atoms with E-state index in [2.05, 4.69) is 40.3 Å². The van der Waals surface area contributed by atoms with Crippen LogP contribution in [-0.4, -0.2) is 34.0 Å². The Balaban J connectivity index is 1.56. The first-order valence-corrected chi connectivity index (χ1v) is 9.44. The molecule has 1 atom stereocenters. The van der Waals surface area contributed by atoms with Crippen molar-refractivity contribution in [3.8, 4) is 17.1 Å². The summed E-state index contributed by atoms with van der Waals surface area (Å²) in [6, 6.07) is 4.09. The Kier molecular flexibility index (Phi) is 4.35. The van der Waals surface area contributed by atoms with Crippen LogP contribution in [0.1, 0.15) is 30.0 Å². The molecule has 0 bridgehead atoms. The number of nitrogens with zero attached hydrogens (tertiary/aromatic N) is 3. The summed E-state index contributed by atoms with van der Waals surface area (Å²) in [5.41, 5.74) is 4.34. The minimum atomic E-state index is 0.313. The zero-order chi connectivity index (χ0) is 17.4. The van der Waals surface area contributed by atoms with E-state index in [1.54, 1.807) is 11.3 Å².